The van der Waals surface area contributed by atoms with Gasteiger partial charge in [0.25, 0.3) is 0 Å². The number of carbonyl (C=O) groups excluding carboxylic acids is 1. The van der Waals surface area contributed by atoms with Gasteiger partial charge in [0.15, 0.2) is 0 Å². The van der Waals surface area contributed by atoms with E-state index in [0.29, 0.717) is 42.5 Å². The Hall–Kier alpha value is -3.06. The number of anilines is 1. The van der Waals surface area contributed by atoms with Gasteiger partial charge in [-0.05, 0) is 98.9 Å². The summed E-state index contributed by atoms with van der Waals surface area (Å²) >= 11 is 12.9. The molecule has 3 aromatic carbocycles. The molecular formula is C37H45Cl2F3N6O2. The maximum Gasteiger partial charge on any atom is 0.573 e. The van der Waals surface area contributed by atoms with Gasteiger partial charge in [-0.1, -0.05) is 53.5 Å². The summed E-state index contributed by atoms with van der Waals surface area (Å²) in [5, 5.41) is 7.67. The van der Waals surface area contributed by atoms with E-state index in [1.807, 2.05) is 18.2 Å². The molecule has 4 N–H and O–H groups in total. The topological polar surface area (TPSA) is 86.1 Å². The Morgan fingerprint density at radius 2 is 1.64 bits per heavy atom. The van der Waals surface area contributed by atoms with Crippen LogP contribution in [0.3, 0.4) is 0 Å². The Balaban J connectivity index is 1.12. The number of halogens is 5. The standard InChI is InChI=1S/C37H45Cl2F3N6O2/c38-32-4-1-5-33(39)31(32)24-47-18-3-17-46(20-21-47)23-26-6-11-34-29(22-26)30(27-7-9-28(10-8-27)50-37(40,41)42)25-48(34)19-2-14-45-35(49)36(43)12-15-44-16-13-36/h1,4-11,22,30,44H,2-3,12-21,23-25,43H2,(H,45,49). The Labute approximate surface area is 302 Å². The van der Waals surface area contributed by atoms with Crippen LogP contribution in [-0.4, -0.2) is 86.5 Å². The van der Waals surface area contributed by atoms with Crippen LogP contribution in [-0.2, 0) is 17.9 Å². The lowest BCUT2D eigenvalue weighted by Gasteiger charge is -2.32. The lowest BCUT2D eigenvalue weighted by atomic mass is 9.88. The van der Waals surface area contributed by atoms with E-state index < -0.39 is 11.9 Å². The molecule has 270 valence electrons. The van der Waals surface area contributed by atoms with Crippen LogP contribution in [0.1, 0.15) is 53.9 Å². The second-order valence-corrected chi connectivity index (χ2v) is 14.4. The van der Waals surface area contributed by atoms with Gasteiger partial charge in [0.1, 0.15) is 5.75 Å². The molecule has 0 saturated carbocycles. The van der Waals surface area contributed by atoms with Gasteiger partial charge in [0.05, 0.1) is 5.54 Å². The van der Waals surface area contributed by atoms with Gasteiger partial charge in [0.2, 0.25) is 5.91 Å². The number of nitrogens with zero attached hydrogens (tertiary/aromatic N) is 3. The fraction of sp³-hybridized carbons (Fsp3) is 0.486. The molecule has 2 fully saturated rings. The van der Waals surface area contributed by atoms with Crippen LogP contribution >= 0.6 is 23.2 Å². The van der Waals surface area contributed by atoms with Crippen molar-refractivity contribution in [3.63, 3.8) is 0 Å². The summed E-state index contributed by atoms with van der Waals surface area (Å²) in [6.07, 6.45) is -1.76. The van der Waals surface area contributed by atoms with Crippen LogP contribution in [0.4, 0.5) is 18.9 Å². The van der Waals surface area contributed by atoms with Crippen LogP contribution in [0.25, 0.3) is 0 Å². The van der Waals surface area contributed by atoms with Crippen molar-refractivity contribution in [1.82, 2.24) is 20.4 Å². The fourth-order valence-corrected chi connectivity index (χ4v) is 7.86. The Morgan fingerprint density at radius 3 is 2.32 bits per heavy atom. The number of hydrogen-bond donors (Lipinski definition) is 3. The maximum absolute atomic E-state index is 12.8. The molecule has 0 spiro atoms. The Kier molecular flexibility index (Phi) is 11.8. The van der Waals surface area contributed by atoms with Crippen molar-refractivity contribution in [1.29, 1.82) is 0 Å². The van der Waals surface area contributed by atoms with Gasteiger partial charge in [-0.2, -0.15) is 0 Å². The van der Waals surface area contributed by atoms with Crippen LogP contribution < -0.4 is 26.0 Å². The first-order valence-electron chi connectivity index (χ1n) is 17.4. The van der Waals surface area contributed by atoms with E-state index in [1.54, 1.807) is 12.1 Å². The summed E-state index contributed by atoms with van der Waals surface area (Å²) in [6.45, 7) is 8.60. The first kappa shape index (κ1) is 36.7. The molecule has 0 radical (unpaired) electrons. The van der Waals surface area contributed by atoms with Crippen molar-refractivity contribution in [2.24, 2.45) is 5.73 Å². The molecule has 3 heterocycles. The van der Waals surface area contributed by atoms with Crippen LogP contribution in [0, 0.1) is 0 Å². The molecule has 3 aliphatic rings. The van der Waals surface area contributed by atoms with Gasteiger partial charge in [-0.25, -0.2) is 0 Å². The highest BCUT2D eigenvalue weighted by molar-refractivity contribution is 6.35. The zero-order valence-electron chi connectivity index (χ0n) is 28.1. The summed E-state index contributed by atoms with van der Waals surface area (Å²) < 4.78 is 42.7. The number of nitrogens with two attached hydrogens (primary N) is 1. The lowest BCUT2D eigenvalue weighted by Crippen LogP contribution is -2.59. The zero-order chi connectivity index (χ0) is 35.3. The van der Waals surface area contributed by atoms with Crippen LogP contribution in [0.2, 0.25) is 10.0 Å². The quantitative estimate of drug-likeness (QED) is 0.204. The van der Waals surface area contributed by atoms with Crippen molar-refractivity contribution < 1.29 is 22.7 Å². The molecule has 1 unspecified atom stereocenters. The molecule has 1 amide bonds. The van der Waals surface area contributed by atoms with Gasteiger partial charge in [0, 0.05) is 73.0 Å². The summed E-state index contributed by atoms with van der Waals surface area (Å²) in [5.74, 6) is -0.366. The fourth-order valence-electron chi connectivity index (χ4n) is 7.34. The third-order valence-electron chi connectivity index (χ3n) is 10.1. The molecule has 13 heteroatoms. The van der Waals surface area contributed by atoms with Crippen molar-refractivity contribution in [2.75, 3.05) is 63.8 Å². The molecule has 8 nitrogen and oxygen atoms in total. The number of alkyl halides is 3. The van der Waals surface area contributed by atoms with Crippen LogP contribution in [0.15, 0.2) is 60.7 Å². The number of amides is 1. The van der Waals surface area contributed by atoms with Crippen molar-refractivity contribution in [3.8, 4) is 5.75 Å². The molecule has 0 bridgehead atoms. The predicted octanol–water partition coefficient (Wildman–Crippen LogP) is 6.14. The van der Waals surface area contributed by atoms with Gasteiger partial charge < -0.3 is 26.0 Å². The third kappa shape index (κ3) is 9.23. The summed E-state index contributed by atoms with van der Waals surface area (Å²) in [6, 6.07) is 18.4. The largest absolute Gasteiger partial charge is 0.573 e. The number of ether oxygens (including phenoxy) is 1. The van der Waals surface area contributed by atoms with Crippen molar-refractivity contribution in [3.05, 3.63) is 93.0 Å². The highest BCUT2D eigenvalue weighted by atomic mass is 35.5. The molecule has 0 aromatic heterocycles. The first-order valence-corrected chi connectivity index (χ1v) is 18.1. The summed E-state index contributed by atoms with van der Waals surface area (Å²) in [4.78, 5) is 20.0. The highest BCUT2D eigenvalue weighted by Crippen LogP contribution is 2.41. The van der Waals surface area contributed by atoms with E-state index in [0.717, 1.165) is 87.6 Å². The molecule has 3 aromatic rings. The van der Waals surface area contributed by atoms with E-state index >= 15 is 0 Å². The van der Waals surface area contributed by atoms with Gasteiger partial charge in [-0.3, -0.25) is 14.6 Å². The van der Waals surface area contributed by atoms with Crippen LogP contribution in [0.5, 0.6) is 5.75 Å². The van der Waals surface area contributed by atoms with Gasteiger partial charge in [-0.15, -0.1) is 13.2 Å². The van der Waals surface area contributed by atoms with E-state index in [2.05, 4.69) is 48.3 Å². The van der Waals surface area contributed by atoms with E-state index in [9.17, 15) is 18.0 Å². The van der Waals surface area contributed by atoms with E-state index in [-0.39, 0.29) is 17.6 Å². The van der Waals surface area contributed by atoms with Crippen molar-refractivity contribution in [2.45, 2.75) is 56.6 Å². The van der Waals surface area contributed by atoms with Crippen molar-refractivity contribution >= 4 is 34.8 Å². The minimum Gasteiger partial charge on any atom is -0.406 e. The molecule has 3 aliphatic heterocycles. The smallest absolute Gasteiger partial charge is 0.406 e. The molecule has 1 atom stereocenters. The number of fused-ring (bicyclic) bond motifs is 1. The third-order valence-corrected chi connectivity index (χ3v) is 10.8. The number of carbonyl (C=O) groups is 1. The molecule has 2 saturated heterocycles. The second-order valence-electron chi connectivity index (χ2n) is 13.6. The first-order chi connectivity index (χ1) is 24.0. The van der Waals surface area contributed by atoms with E-state index in [1.165, 1.54) is 17.7 Å². The number of hydrogen-bond acceptors (Lipinski definition) is 7. The summed E-state index contributed by atoms with van der Waals surface area (Å²) in [7, 11) is 0. The monoisotopic (exact) mass is 732 g/mol. The number of rotatable bonds is 11. The number of piperidine rings is 1. The molecule has 0 aliphatic carbocycles. The Bertz CT molecular complexity index is 1600. The number of benzene rings is 3. The second kappa shape index (κ2) is 16.1. The molecule has 6 rings (SSSR count). The molecule has 50 heavy (non-hydrogen) atoms. The zero-order valence-corrected chi connectivity index (χ0v) is 29.6. The predicted molar refractivity (Wildman–Crippen MR) is 192 cm³/mol. The minimum atomic E-state index is -4.74. The lowest BCUT2D eigenvalue weighted by molar-refractivity contribution is -0.274. The summed E-state index contributed by atoms with van der Waals surface area (Å²) in [5.41, 5.74) is 10.9. The number of nitrogens with one attached hydrogen (secondary N) is 2. The van der Waals surface area contributed by atoms with E-state index in [4.69, 9.17) is 28.9 Å². The minimum absolute atomic E-state index is 0.0264. The molecular weight excluding hydrogens is 688 g/mol. The average Bonchev–Trinajstić information content (AvgIpc) is 3.28. The Morgan fingerprint density at radius 1 is 0.960 bits per heavy atom. The maximum atomic E-state index is 12.8. The average molecular weight is 734 g/mol. The normalized spacial score (nSPS) is 20.0. The van der Waals surface area contributed by atoms with Gasteiger partial charge >= 0.3 is 6.36 Å². The highest BCUT2D eigenvalue weighted by Gasteiger charge is 2.36. The SMILES string of the molecule is NC1(C(=O)NCCCN2CC(c3ccc(OC(F)(F)F)cc3)c3cc(CN4CCCN(Cc5c(Cl)cccc5Cl)CC4)ccc32)CCNCC1.